The number of ether oxygens (including phenoxy) is 3. The van der Waals surface area contributed by atoms with Gasteiger partial charge in [0.1, 0.15) is 0 Å². The van der Waals surface area contributed by atoms with Crippen molar-refractivity contribution in [3.63, 3.8) is 0 Å². The van der Waals surface area contributed by atoms with Crippen molar-refractivity contribution in [1.29, 1.82) is 0 Å². The predicted molar refractivity (Wildman–Crippen MR) is 109 cm³/mol. The van der Waals surface area contributed by atoms with Gasteiger partial charge in [-0.1, -0.05) is 17.7 Å². The van der Waals surface area contributed by atoms with Gasteiger partial charge in [-0.3, -0.25) is 9.59 Å². The van der Waals surface area contributed by atoms with Crippen molar-refractivity contribution in [3.8, 4) is 17.2 Å². The molecule has 2 N–H and O–H groups in total. The van der Waals surface area contributed by atoms with E-state index in [1.54, 1.807) is 31.4 Å². The van der Waals surface area contributed by atoms with Crippen LogP contribution < -0.4 is 24.8 Å². The van der Waals surface area contributed by atoms with Crippen LogP contribution in [0.15, 0.2) is 30.3 Å². The van der Waals surface area contributed by atoms with Gasteiger partial charge in [0.25, 0.3) is 0 Å². The Morgan fingerprint density at radius 3 is 2.25 bits per heavy atom. The smallest absolute Gasteiger partial charge is 0.224 e. The average Bonchev–Trinajstić information content (AvgIpc) is 2.67. The van der Waals surface area contributed by atoms with Gasteiger partial charge >= 0.3 is 0 Å². The monoisotopic (exact) mass is 406 g/mol. The molecule has 2 rings (SSSR count). The minimum absolute atomic E-state index is 0.192. The molecule has 28 heavy (non-hydrogen) atoms. The molecule has 0 radical (unpaired) electrons. The van der Waals surface area contributed by atoms with Crippen LogP contribution in [0.5, 0.6) is 17.2 Å². The fourth-order valence-electron chi connectivity index (χ4n) is 2.74. The molecule has 0 saturated heterocycles. The molecule has 2 amide bonds. The molecule has 0 heterocycles. The first kappa shape index (κ1) is 21.4. The molecule has 7 nitrogen and oxygen atoms in total. The van der Waals surface area contributed by atoms with E-state index in [1.165, 1.54) is 21.1 Å². The molecule has 8 heteroatoms. The lowest BCUT2D eigenvalue weighted by atomic mass is 10.1. The third kappa shape index (κ3) is 5.29. The van der Waals surface area contributed by atoms with E-state index in [1.807, 2.05) is 6.07 Å². The van der Waals surface area contributed by atoms with E-state index in [-0.39, 0.29) is 18.2 Å². The van der Waals surface area contributed by atoms with Gasteiger partial charge in [-0.2, -0.15) is 0 Å². The Labute approximate surface area is 168 Å². The highest BCUT2D eigenvalue weighted by Gasteiger charge is 2.17. The Morgan fingerprint density at radius 1 is 0.929 bits per heavy atom. The summed E-state index contributed by atoms with van der Waals surface area (Å²) in [5.74, 6) is 1.08. The van der Waals surface area contributed by atoms with E-state index in [0.717, 1.165) is 5.56 Å². The molecule has 0 fully saturated rings. The topological polar surface area (TPSA) is 85.9 Å². The van der Waals surface area contributed by atoms with Crippen LogP contribution >= 0.6 is 11.6 Å². The second-order valence-electron chi connectivity index (χ2n) is 5.91. The standard InChI is InChI=1S/C20H23ClN2O5/c1-12(24)22-15-8-7-14(21)11-16(15)23-18(25)10-6-13-5-9-17(26-2)20(28-4)19(13)27-3/h5,7-9,11H,6,10H2,1-4H3,(H,22,24)(H,23,25). The van der Waals surface area contributed by atoms with Crippen molar-refractivity contribution in [1.82, 2.24) is 0 Å². The number of carbonyl (C=O) groups excluding carboxylic acids is 2. The molecular formula is C20H23ClN2O5. The van der Waals surface area contributed by atoms with Gasteiger partial charge in [-0.05, 0) is 36.2 Å². The Bertz CT molecular complexity index is 870. The summed E-state index contributed by atoms with van der Waals surface area (Å²) in [5.41, 5.74) is 1.73. The molecule has 2 aromatic rings. The number of amides is 2. The fourth-order valence-corrected chi connectivity index (χ4v) is 2.91. The van der Waals surface area contributed by atoms with Crippen molar-refractivity contribution in [2.24, 2.45) is 0 Å². The zero-order valence-corrected chi connectivity index (χ0v) is 17.0. The van der Waals surface area contributed by atoms with Gasteiger partial charge in [-0.25, -0.2) is 0 Å². The van der Waals surface area contributed by atoms with Crippen molar-refractivity contribution in [3.05, 3.63) is 40.9 Å². The summed E-state index contributed by atoms with van der Waals surface area (Å²) in [4.78, 5) is 23.8. The summed E-state index contributed by atoms with van der Waals surface area (Å²) in [7, 11) is 4.61. The molecule has 0 aliphatic carbocycles. The first-order valence-corrected chi connectivity index (χ1v) is 8.92. The van der Waals surface area contributed by atoms with Crippen LogP contribution in [0.3, 0.4) is 0 Å². The van der Waals surface area contributed by atoms with Crippen LogP contribution in [0.1, 0.15) is 18.9 Å². The van der Waals surface area contributed by atoms with E-state index >= 15 is 0 Å². The highest BCUT2D eigenvalue weighted by Crippen LogP contribution is 2.40. The van der Waals surface area contributed by atoms with E-state index in [4.69, 9.17) is 25.8 Å². The lowest BCUT2D eigenvalue weighted by Crippen LogP contribution is -2.15. The van der Waals surface area contributed by atoms with Gasteiger partial charge in [0.05, 0.1) is 32.7 Å². The number of halogens is 1. The highest BCUT2D eigenvalue weighted by atomic mass is 35.5. The lowest BCUT2D eigenvalue weighted by molar-refractivity contribution is -0.116. The normalized spacial score (nSPS) is 10.2. The molecule has 0 atom stereocenters. The molecule has 0 aliphatic heterocycles. The van der Waals surface area contributed by atoms with Gasteiger partial charge < -0.3 is 24.8 Å². The number of methoxy groups -OCH3 is 3. The third-order valence-corrected chi connectivity index (χ3v) is 4.21. The number of hydrogen-bond donors (Lipinski definition) is 2. The first-order valence-electron chi connectivity index (χ1n) is 8.54. The number of benzene rings is 2. The van der Waals surface area contributed by atoms with Crippen LogP contribution in [0, 0.1) is 0 Å². The van der Waals surface area contributed by atoms with E-state index < -0.39 is 0 Å². The summed E-state index contributed by atoms with van der Waals surface area (Å²) in [6.45, 7) is 1.39. The molecule has 150 valence electrons. The Balaban J connectivity index is 2.13. The third-order valence-electron chi connectivity index (χ3n) is 3.97. The summed E-state index contributed by atoms with van der Waals surface area (Å²) in [6.07, 6.45) is 0.614. The summed E-state index contributed by atoms with van der Waals surface area (Å²) < 4.78 is 16.1. The highest BCUT2D eigenvalue weighted by molar-refractivity contribution is 6.31. The maximum atomic E-state index is 12.4. The number of hydrogen-bond acceptors (Lipinski definition) is 5. The average molecular weight is 407 g/mol. The molecule has 2 aromatic carbocycles. The minimum Gasteiger partial charge on any atom is -0.493 e. The minimum atomic E-state index is -0.243. The summed E-state index contributed by atoms with van der Waals surface area (Å²) >= 11 is 6.01. The van der Waals surface area contributed by atoms with Crippen LogP contribution in [0.2, 0.25) is 5.02 Å². The molecule has 0 unspecified atom stereocenters. The molecule has 0 saturated carbocycles. The van der Waals surface area contributed by atoms with Crippen LogP contribution in [0.25, 0.3) is 0 Å². The summed E-state index contributed by atoms with van der Waals surface area (Å²) in [5, 5.41) is 5.89. The van der Waals surface area contributed by atoms with Crippen molar-refractivity contribution in [2.45, 2.75) is 19.8 Å². The van der Waals surface area contributed by atoms with E-state index in [0.29, 0.717) is 40.1 Å². The first-order chi connectivity index (χ1) is 13.4. The molecule has 0 aromatic heterocycles. The van der Waals surface area contributed by atoms with Gasteiger partial charge in [-0.15, -0.1) is 0 Å². The van der Waals surface area contributed by atoms with Crippen molar-refractivity contribution < 1.29 is 23.8 Å². The molecule has 0 bridgehead atoms. The fraction of sp³-hybridized carbons (Fsp3) is 0.300. The van der Waals surface area contributed by atoms with Crippen LogP contribution in [0.4, 0.5) is 11.4 Å². The number of nitrogens with one attached hydrogen (secondary N) is 2. The number of rotatable bonds is 8. The van der Waals surface area contributed by atoms with E-state index in [9.17, 15) is 9.59 Å². The van der Waals surface area contributed by atoms with Gasteiger partial charge in [0.15, 0.2) is 11.5 Å². The zero-order valence-electron chi connectivity index (χ0n) is 16.2. The van der Waals surface area contributed by atoms with Gasteiger partial charge in [0.2, 0.25) is 17.6 Å². The molecular weight excluding hydrogens is 384 g/mol. The Morgan fingerprint density at radius 2 is 1.64 bits per heavy atom. The zero-order chi connectivity index (χ0) is 20.7. The number of anilines is 2. The van der Waals surface area contributed by atoms with Crippen LogP contribution in [-0.4, -0.2) is 33.1 Å². The largest absolute Gasteiger partial charge is 0.493 e. The summed E-state index contributed by atoms with van der Waals surface area (Å²) in [6, 6.07) is 8.45. The van der Waals surface area contributed by atoms with Gasteiger partial charge in [0, 0.05) is 18.4 Å². The number of carbonyl (C=O) groups is 2. The Kier molecular flexibility index (Phi) is 7.52. The maximum Gasteiger partial charge on any atom is 0.224 e. The van der Waals surface area contributed by atoms with Crippen molar-refractivity contribution in [2.75, 3.05) is 32.0 Å². The quantitative estimate of drug-likeness (QED) is 0.694. The SMILES string of the molecule is COc1ccc(CCC(=O)Nc2cc(Cl)ccc2NC(C)=O)c(OC)c1OC. The second kappa shape index (κ2) is 9.85. The predicted octanol–water partition coefficient (Wildman–Crippen LogP) is 3.90. The number of aryl methyl sites for hydroxylation is 1. The Hall–Kier alpha value is -2.93. The lowest BCUT2D eigenvalue weighted by Gasteiger charge is -2.16. The second-order valence-corrected chi connectivity index (χ2v) is 6.35. The maximum absolute atomic E-state index is 12.4. The molecule has 0 aliphatic rings. The molecule has 0 spiro atoms. The van der Waals surface area contributed by atoms with E-state index in [2.05, 4.69) is 10.6 Å². The van der Waals surface area contributed by atoms with Crippen molar-refractivity contribution >= 4 is 34.8 Å². The van der Waals surface area contributed by atoms with Crippen LogP contribution in [-0.2, 0) is 16.0 Å².